The maximum atomic E-state index is 12.0. The van der Waals surface area contributed by atoms with Gasteiger partial charge in [0, 0.05) is 51.5 Å². The number of aliphatic hydroxyl groups excluding tert-OH is 1. The van der Waals surface area contributed by atoms with Gasteiger partial charge in [0.1, 0.15) is 0 Å². The quantitative estimate of drug-likeness (QED) is 0.821. The Morgan fingerprint density at radius 2 is 1.83 bits per heavy atom. The van der Waals surface area contributed by atoms with Crippen molar-refractivity contribution in [2.75, 3.05) is 51.3 Å². The van der Waals surface area contributed by atoms with E-state index in [1.54, 1.807) is 11.9 Å². The van der Waals surface area contributed by atoms with Crippen molar-refractivity contribution in [1.82, 2.24) is 15.1 Å². The van der Waals surface area contributed by atoms with Crippen LogP contribution in [0.25, 0.3) is 0 Å². The van der Waals surface area contributed by atoms with Crippen molar-refractivity contribution in [3.8, 4) is 0 Å². The lowest BCUT2D eigenvalue weighted by atomic mass is 10.2. The molecule has 0 radical (unpaired) electrons. The van der Waals surface area contributed by atoms with Crippen molar-refractivity contribution in [3.63, 3.8) is 0 Å². The number of amides is 2. The summed E-state index contributed by atoms with van der Waals surface area (Å²) in [5.41, 5.74) is 1.28. The van der Waals surface area contributed by atoms with Crippen molar-refractivity contribution in [2.24, 2.45) is 0 Å². The van der Waals surface area contributed by atoms with E-state index < -0.39 is 0 Å². The van der Waals surface area contributed by atoms with Crippen LogP contribution in [0.2, 0.25) is 0 Å². The number of hydrogen-bond acceptors (Lipinski definition) is 4. The number of benzene rings is 1. The summed E-state index contributed by atoms with van der Waals surface area (Å²) in [5.74, 6) is 0. The Bertz CT molecular complexity index is 503. The predicted octanol–water partition coefficient (Wildman–Crippen LogP) is 1.22. The second-order valence-electron chi connectivity index (χ2n) is 6.54. The smallest absolute Gasteiger partial charge is 0.317 e. The predicted molar refractivity (Wildman–Crippen MR) is 97.4 cm³/mol. The minimum Gasteiger partial charge on any atom is -0.394 e. The Labute approximate surface area is 145 Å². The van der Waals surface area contributed by atoms with Crippen LogP contribution in [0.4, 0.5) is 10.5 Å². The largest absolute Gasteiger partial charge is 0.394 e. The first-order valence-corrected chi connectivity index (χ1v) is 8.68. The van der Waals surface area contributed by atoms with E-state index in [2.05, 4.69) is 46.3 Å². The van der Waals surface area contributed by atoms with Gasteiger partial charge in [0.15, 0.2) is 0 Å². The molecule has 1 heterocycles. The SMILES string of the molecule is CC(CNC(=O)N(C)C(C)CO)N1CCN(c2ccccc2)CC1. The molecule has 1 aliphatic rings. The van der Waals surface area contributed by atoms with E-state index >= 15 is 0 Å². The van der Waals surface area contributed by atoms with Gasteiger partial charge >= 0.3 is 6.03 Å². The van der Waals surface area contributed by atoms with Crippen LogP contribution in [0, 0.1) is 0 Å². The highest BCUT2D eigenvalue weighted by Gasteiger charge is 2.22. The molecular weight excluding hydrogens is 304 g/mol. The standard InChI is InChI=1S/C18H30N4O2/c1-15(13-19-18(24)20(3)16(2)14-23)21-9-11-22(12-10-21)17-7-5-4-6-8-17/h4-8,15-16,23H,9-14H2,1-3H3,(H,19,24). The Morgan fingerprint density at radius 3 is 2.42 bits per heavy atom. The van der Waals surface area contributed by atoms with Gasteiger partial charge in [-0.1, -0.05) is 18.2 Å². The van der Waals surface area contributed by atoms with E-state index in [-0.39, 0.29) is 18.7 Å². The molecule has 134 valence electrons. The molecule has 0 saturated carbocycles. The van der Waals surface area contributed by atoms with Crippen molar-refractivity contribution in [2.45, 2.75) is 25.9 Å². The van der Waals surface area contributed by atoms with Gasteiger partial charge < -0.3 is 20.2 Å². The molecule has 1 saturated heterocycles. The van der Waals surface area contributed by atoms with Gasteiger partial charge in [0.25, 0.3) is 0 Å². The number of nitrogens with one attached hydrogen (secondary N) is 1. The number of hydrogen-bond donors (Lipinski definition) is 2. The maximum absolute atomic E-state index is 12.0. The molecule has 0 aliphatic carbocycles. The van der Waals surface area contributed by atoms with Crippen molar-refractivity contribution < 1.29 is 9.90 Å². The molecule has 2 unspecified atom stereocenters. The molecule has 0 aromatic heterocycles. The van der Waals surface area contributed by atoms with Gasteiger partial charge in [0.2, 0.25) is 0 Å². The minimum absolute atomic E-state index is 0.0269. The summed E-state index contributed by atoms with van der Waals surface area (Å²) >= 11 is 0. The van der Waals surface area contributed by atoms with Crippen LogP contribution in [0.3, 0.4) is 0 Å². The first-order chi connectivity index (χ1) is 11.5. The van der Waals surface area contributed by atoms with Gasteiger partial charge in [-0.15, -0.1) is 0 Å². The number of urea groups is 1. The zero-order valence-corrected chi connectivity index (χ0v) is 15.0. The molecule has 0 spiro atoms. The lowest BCUT2D eigenvalue weighted by molar-refractivity contribution is 0.151. The number of nitrogens with zero attached hydrogens (tertiary/aromatic N) is 3. The Balaban J connectivity index is 1.75. The van der Waals surface area contributed by atoms with E-state index in [0.717, 1.165) is 26.2 Å². The molecule has 2 N–H and O–H groups in total. The first kappa shape index (κ1) is 18.5. The number of para-hydroxylation sites is 1. The summed E-state index contributed by atoms with van der Waals surface area (Å²) < 4.78 is 0. The normalized spacial score (nSPS) is 18.1. The molecule has 1 fully saturated rings. The fourth-order valence-electron chi connectivity index (χ4n) is 2.87. The number of carbonyl (C=O) groups excluding carboxylic acids is 1. The van der Waals surface area contributed by atoms with Crippen molar-refractivity contribution >= 4 is 11.7 Å². The third kappa shape index (κ3) is 4.85. The van der Waals surface area contributed by atoms with Crippen molar-refractivity contribution in [3.05, 3.63) is 30.3 Å². The highest BCUT2D eigenvalue weighted by atomic mass is 16.3. The van der Waals surface area contributed by atoms with Gasteiger partial charge in [-0.05, 0) is 26.0 Å². The summed E-state index contributed by atoms with van der Waals surface area (Å²) in [5, 5.41) is 12.1. The van der Waals surface area contributed by atoms with Crippen molar-refractivity contribution in [1.29, 1.82) is 0 Å². The lowest BCUT2D eigenvalue weighted by Crippen LogP contribution is -2.53. The third-order valence-electron chi connectivity index (χ3n) is 4.85. The molecule has 1 aromatic rings. The lowest BCUT2D eigenvalue weighted by Gasteiger charge is -2.39. The zero-order valence-electron chi connectivity index (χ0n) is 15.0. The van der Waals surface area contributed by atoms with Gasteiger partial charge in [0.05, 0.1) is 12.6 Å². The Morgan fingerprint density at radius 1 is 1.21 bits per heavy atom. The van der Waals surface area contributed by atoms with E-state index in [9.17, 15) is 4.79 Å². The summed E-state index contributed by atoms with van der Waals surface area (Å²) in [6.45, 7) is 8.56. The molecule has 24 heavy (non-hydrogen) atoms. The van der Waals surface area contributed by atoms with Gasteiger partial charge in [-0.25, -0.2) is 4.79 Å². The van der Waals surface area contributed by atoms with Crippen LogP contribution in [0.5, 0.6) is 0 Å². The fourth-order valence-corrected chi connectivity index (χ4v) is 2.87. The van der Waals surface area contributed by atoms with Gasteiger partial charge in [-0.2, -0.15) is 0 Å². The number of aliphatic hydroxyl groups is 1. The first-order valence-electron chi connectivity index (χ1n) is 8.68. The molecule has 6 nitrogen and oxygen atoms in total. The van der Waals surface area contributed by atoms with Crippen LogP contribution < -0.4 is 10.2 Å². The molecule has 6 heteroatoms. The average Bonchev–Trinajstić information content (AvgIpc) is 2.65. The van der Waals surface area contributed by atoms with Crippen LogP contribution >= 0.6 is 0 Å². The second-order valence-corrected chi connectivity index (χ2v) is 6.54. The third-order valence-corrected chi connectivity index (χ3v) is 4.85. The molecule has 2 amide bonds. The molecule has 0 bridgehead atoms. The monoisotopic (exact) mass is 334 g/mol. The number of likely N-dealkylation sites (N-methyl/N-ethyl adjacent to an activating group) is 1. The number of piperazine rings is 1. The maximum Gasteiger partial charge on any atom is 0.317 e. The summed E-state index contributed by atoms with van der Waals surface area (Å²) in [6.07, 6.45) is 0. The summed E-state index contributed by atoms with van der Waals surface area (Å²) in [4.78, 5) is 18.4. The number of carbonyl (C=O) groups is 1. The topological polar surface area (TPSA) is 59.1 Å². The molecular formula is C18H30N4O2. The van der Waals surface area contributed by atoms with Crippen LogP contribution in [0.15, 0.2) is 30.3 Å². The Kier molecular flexibility index (Phi) is 6.87. The summed E-state index contributed by atoms with van der Waals surface area (Å²) in [7, 11) is 1.71. The Hall–Kier alpha value is -1.79. The van der Waals surface area contributed by atoms with Crippen LogP contribution in [-0.4, -0.2) is 79.4 Å². The molecule has 1 aliphatic heterocycles. The fraction of sp³-hybridized carbons (Fsp3) is 0.611. The van der Waals surface area contributed by atoms with Gasteiger partial charge in [-0.3, -0.25) is 4.90 Å². The zero-order chi connectivity index (χ0) is 17.5. The minimum atomic E-state index is -0.172. The van der Waals surface area contributed by atoms with Crippen LogP contribution in [0.1, 0.15) is 13.8 Å². The average molecular weight is 334 g/mol. The molecule has 2 atom stereocenters. The second kappa shape index (κ2) is 8.89. The van der Waals surface area contributed by atoms with E-state index in [1.165, 1.54) is 5.69 Å². The number of rotatable bonds is 6. The van der Waals surface area contributed by atoms with Crippen LogP contribution in [-0.2, 0) is 0 Å². The highest BCUT2D eigenvalue weighted by molar-refractivity contribution is 5.74. The molecule has 2 rings (SSSR count). The summed E-state index contributed by atoms with van der Waals surface area (Å²) in [6, 6.07) is 10.5. The molecule has 1 aromatic carbocycles. The van der Waals surface area contributed by atoms with E-state index in [1.807, 2.05) is 13.0 Å². The van der Waals surface area contributed by atoms with E-state index in [0.29, 0.717) is 12.6 Å². The number of anilines is 1. The van der Waals surface area contributed by atoms with E-state index in [4.69, 9.17) is 5.11 Å². The highest BCUT2D eigenvalue weighted by Crippen LogP contribution is 2.16.